The quantitative estimate of drug-likeness (QED) is 0.581. The van der Waals surface area contributed by atoms with Crippen molar-refractivity contribution in [1.29, 1.82) is 0 Å². The standard InChI is InChI=1S/C19H21N5O2S/c1-13-3-5-14(6-4-13)21-11-18-22-23-19(27-12-17(20)25)24(18)15-7-9-16(26-2)10-8-15/h3-10,21H,11-12H2,1-2H3,(H2,20,25). The maximum Gasteiger partial charge on any atom is 0.227 e. The number of aromatic nitrogens is 3. The first kappa shape index (κ1) is 18.8. The van der Waals surface area contributed by atoms with E-state index < -0.39 is 5.91 Å². The fourth-order valence-corrected chi connectivity index (χ4v) is 3.20. The van der Waals surface area contributed by atoms with Crippen molar-refractivity contribution in [3.8, 4) is 11.4 Å². The number of amides is 1. The first-order chi connectivity index (χ1) is 13.1. The minimum atomic E-state index is -0.399. The Labute approximate surface area is 161 Å². The molecular formula is C19H21N5O2S. The van der Waals surface area contributed by atoms with Gasteiger partial charge in [0.25, 0.3) is 0 Å². The maximum absolute atomic E-state index is 11.2. The fraction of sp³-hybridized carbons (Fsp3) is 0.211. The summed E-state index contributed by atoms with van der Waals surface area (Å²) in [5, 5.41) is 12.5. The highest BCUT2D eigenvalue weighted by molar-refractivity contribution is 7.99. The Hall–Kier alpha value is -3.00. The zero-order valence-corrected chi connectivity index (χ0v) is 16.0. The van der Waals surface area contributed by atoms with Crippen LogP contribution in [0.25, 0.3) is 5.69 Å². The number of carbonyl (C=O) groups is 1. The molecule has 3 N–H and O–H groups in total. The molecule has 0 atom stereocenters. The highest BCUT2D eigenvalue weighted by atomic mass is 32.2. The van der Waals surface area contributed by atoms with Crippen LogP contribution < -0.4 is 15.8 Å². The van der Waals surface area contributed by atoms with Gasteiger partial charge in [-0.1, -0.05) is 29.5 Å². The summed E-state index contributed by atoms with van der Waals surface area (Å²) >= 11 is 1.26. The molecule has 3 aromatic rings. The lowest BCUT2D eigenvalue weighted by molar-refractivity contribution is -0.115. The number of anilines is 1. The summed E-state index contributed by atoms with van der Waals surface area (Å²) in [6, 6.07) is 15.7. The van der Waals surface area contributed by atoms with Crippen LogP contribution in [0.2, 0.25) is 0 Å². The van der Waals surface area contributed by atoms with Gasteiger partial charge in [-0.25, -0.2) is 0 Å². The molecule has 0 unspecified atom stereocenters. The molecule has 0 fully saturated rings. The zero-order chi connectivity index (χ0) is 19.2. The summed E-state index contributed by atoms with van der Waals surface area (Å²) in [7, 11) is 1.62. The van der Waals surface area contributed by atoms with Crippen molar-refractivity contribution < 1.29 is 9.53 Å². The zero-order valence-electron chi connectivity index (χ0n) is 15.2. The number of carbonyl (C=O) groups excluding carboxylic acids is 1. The number of thioether (sulfide) groups is 1. The van der Waals surface area contributed by atoms with Gasteiger partial charge in [-0.15, -0.1) is 10.2 Å². The van der Waals surface area contributed by atoms with Crippen molar-refractivity contribution in [2.75, 3.05) is 18.2 Å². The predicted octanol–water partition coefficient (Wildman–Crippen LogP) is 2.77. The van der Waals surface area contributed by atoms with Crippen molar-refractivity contribution in [1.82, 2.24) is 14.8 Å². The Bertz CT molecular complexity index is 907. The molecule has 1 amide bonds. The van der Waals surface area contributed by atoms with Gasteiger partial charge in [0.15, 0.2) is 11.0 Å². The molecule has 0 aliphatic heterocycles. The molecule has 0 spiro atoms. The van der Waals surface area contributed by atoms with E-state index in [9.17, 15) is 4.79 Å². The lowest BCUT2D eigenvalue weighted by Gasteiger charge is -2.12. The van der Waals surface area contributed by atoms with E-state index >= 15 is 0 Å². The fourth-order valence-electron chi connectivity index (χ4n) is 2.49. The van der Waals surface area contributed by atoms with Gasteiger partial charge in [0.05, 0.1) is 19.4 Å². The van der Waals surface area contributed by atoms with Gasteiger partial charge in [0, 0.05) is 11.4 Å². The minimum absolute atomic E-state index is 0.139. The number of nitrogens with one attached hydrogen (secondary N) is 1. The van der Waals surface area contributed by atoms with Gasteiger partial charge in [-0.3, -0.25) is 9.36 Å². The highest BCUT2D eigenvalue weighted by Gasteiger charge is 2.15. The second kappa shape index (κ2) is 8.59. The number of methoxy groups -OCH3 is 1. The van der Waals surface area contributed by atoms with Crippen LogP contribution in [0.3, 0.4) is 0 Å². The van der Waals surface area contributed by atoms with Gasteiger partial charge in [0.2, 0.25) is 5.91 Å². The smallest absolute Gasteiger partial charge is 0.227 e. The second-order valence-electron chi connectivity index (χ2n) is 5.91. The molecule has 3 rings (SSSR count). The number of ether oxygens (including phenoxy) is 1. The summed E-state index contributed by atoms with van der Waals surface area (Å²) in [5.41, 5.74) is 8.35. The van der Waals surface area contributed by atoms with E-state index in [-0.39, 0.29) is 5.75 Å². The van der Waals surface area contributed by atoms with E-state index in [2.05, 4.69) is 15.5 Å². The first-order valence-corrected chi connectivity index (χ1v) is 9.35. The van der Waals surface area contributed by atoms with Gasteiger partial charge in [-0.2, -0.15) is 0 Å². The van der Waals surface area contributed by atoms with Crippen LogP contribution in [0.4, 0.5) is 5.69 Å². The minimum Gasteiger partial charge on any atom is -0.497 e. The Morgan fingerprint density at radius 3 is 2.48 bits per heavy atom. The van der Waals surface area contributed by atoms with Gasteiger partial charge in [0.1, 0.15) is 5.75 Å². The third-order valence-corrected chi connectivity index (χ3v) is 4.83. The topological polar surface area (TPSA) is 95.1 Å². The van der Waals surface area contributed by atoms with Crippen LogP contribution >= 0.6 is 11.8 Å². The SMILES string of the molecule is COc1ccc(-n2c(CNc3ccc(C)cc3)nnc2SCC(N)=O)cc1. The lowest BCUT2D eigenvalue weighted by Crippen LogP contribution is -2.14. The summed E-state index contributed by atoms with van der Waals surface area (Å²) in [5.74, 6) is 1.23. The van der Waals surface area contributed by atoms with E-state index in [0.29, 0.717) is 11.7 Å². The molecule has 1 aromatic heterocycles. The van der Waals surface area contributed by atoms with Crippen LogP contribution in [0, 0.1) is 6.92 Å². The predicted molar refractivity (Wildman–Crippen MR) is 106 cm³/mol. The molecule has 0 aliphatic rings. The van der Waals surface area contributed by atoms with Crippen LogP contribution in [0.5, 0.6) is 5.75 Å². The van der Waals surface area contributed by atoms with Crippen LogP contribution in [0.1, 0.15) is 11.4 Å². The molecule has 0 bridgehead atoms. The number of nitrogens with zero attached hydrogens (tertiary/aromatic N) is 3. The van der Waals surface area contributed by atoms with Gasteiger partial charge in [-0.05, 0) is 43.3 Å². The number of benzene rings is 2. The van der Waals surface area contributed by atoms with Crippen LogP contribution in [-0.4, -0.2) is 33.5 Å². The van der Waals surface area contributed by atoms with Crippen molar-refractivity contribution in [3.63, 3.8) is 0 Å². The first-order valence-electron chi connectivity index (χ1n) is 8.37. The molecule has 0 aliphatic carbocycles. The van der Waals surface area contributed by atoms with E-state index in [1.165, 1.54) is 17.3 Å². The molecule has 0 radical (unpaired) electrons. The Kier molecular flexibility index (Phi) is 5.97. The molecule has 2 aromatic carbocycles. The molecular weight excluding hydrogens is 362 g/mol. The number of hydrogen-bond acceptors (Lipinski definition) is 6. The van der Waals surface area contributed by atoms with Crippen molar-refractivity contribution in [2.45, 2.75) is 18.6 Å². The average molecular weight is 383 g/mol. The van der Waals surface area contributed by atoms with Gasteiger partial charge < -0.3 is 15.8 Å². The molecule has 27 heavy (non-hydrogen) atoms. The summed E-state index contributed by atoms with van der Waals surface area (Å²) < 4.78 is 7.13. The van der Waals surface area contributed by atoms with E-state index in [4.69, 9.17) is 10.5 Å². The molecule has 140 valence electrons. The average Bonchev–Trinajstić information content (AvgIpc) is 3.09. The van der Waals surface area contributed by atoms with E-state index in [1.807, 2.05) is 60.0 Å². The highest BCUT2D eigenvalue weighted by Crippen LogP contribution is 2.24. The van der Waals surface area contributed by atoms with Crippen LogP contribution in [-0.2, 0) is 11.3 Å². The molecule has 7 nitrogen and oxygen atoms in total. The van der Waals surface area contributed by atoms with Crippen molar-refractivity contribution in [3.05, 3.63) is 59.9 Å². The summed E-state index contributed by atoms with van der Waals surface area (Å²) in [6.45, 7) is 2.53. The normalized spacial score (nSPS) is 10.6. The number of primary amides is 1. The van der Waals surface area contributed by atoms with E-state index in [1.54, 1.807) is 7.11 Å². The lowest BCUT2D eigenvalue weighted by atomic mass is 10.2. The Balaban J connectivity index is 1.87. The Morgan fingerprint density at radius 2 is 1.85 bits per heavy atom. The number of aryl methyl sites for hydroxylation is 1. The number of hydrogen-bond donors (Lipinski definition) is 2. The summed E-state index contributed by atoms with van der Waals surface area (Å²) in [6.07, 6.45) is 0. The maximum atomic E-state index is 11.2. The molecule has 0 saturated heterocycles. The number of rotatable bonds is 8. The van der Waals surface area contributed by atoms with Crippen molar-refractivity contribution in [2.24, 2.45) is 5.73 Å². The van der Waals surface area contributed by atoms with Crippen molar-refractivity contribution >= 4 is 23.4 Å². The molecule has 8 heteroatoms. The molecule has 0 saturated carbocycles. The third-order valence-electron chi connectivity index (χ3n) is 3.88. The monoisotopic (exact) mass is 383 g/mol. The molecule has 1 heterocycles. The largest absolute Gasteiger partial charge is 0.497 e. The third kappa shape index (κ3) is 4.79. The van der Waals surface area contributed by atoms with Crippen LogP contribution in [0.15, 0.2) is 53.7 Å². The Morgan fingerprint density at radius 1 is 1.15 bits per heavy atom. The van der Waals surface area contributed by atoms with E-state index in [0.717, 1.165) is 22.9 Å². The summed E-state index contributed by atoms with van der Waals surface area (Å²) in [4.78, 5) is 11.2. The number of nitrogens with two attached hydrogens (primary N) is 1. The second-order valence-corrected chi connectivity index (χ2v) is 6.85. The van der Waals surface area contributed by atoms with Gasteiger partial charge >= 0.3 is 0 Å².